The largest absolute Gasteiger partial charge is 0.500 e. The van der Waals surface area contributed by atoms with E-state index in [2.05, 4.69) is 23.6 Å². The van der Waals surface area contributed by atoms with Crippen LogP contribution in [0, 0.1) is 0 Å². The number of ether oxygens (including phenoxy) is 1. The van der Waals surface area contributed by atoms with Gasteiger partial charge in [0.05, 0.1) is 17.6 Å². The van der Waals surface area contributed by atoms with Crippen molar-refractivity contribution >= 4 is 48.5 Å². The summed E-state index contributed by atoms with van der Waals surface area (Å²) in [5.74, 6) is 1.10. The summed E-state index contributed by atoms with van der Waals surface area (Å²) in [6, 6.07) is 7.28. The number of benzene rings is 1. The van der Waals surface area contributed by atoms with Crippen molar-refractivity contribution in [3.8, 4) is 0 Å². The minimum absolute atomic E-state index is 0.355. The topological polar surface area (TPSA) is 91.8 Å². The lowest BCUT2D eigenvalue weighted by molar-refractivity contribution is 0.0706. The fourth-order valence-corrected chi connectivity index (χ4v) is 9.71. The number of amides is 1. The van der Waals surface area contributed by atoms with Crippen LogP contribution in [0.5, 0.6) is 0 Å². The van der Waals surface area contributed by atoms with E-state index in [4.69, 9.17) is 28.0 Å². The van der Waals surface area contributed by atoms with Crippen molar-refractivity contribution in [2.45, 2.75) is 102 Å². The lowest BCUT2D eigenvalue weighted by Crippen LogP contribution is -2.46. The van der Waals surface area contributed by atoms with E-state index >= 15 is 0 Å². The number of hydrogen-bond acceptors (Lipinski definition) is 8. The molecule has 0 saturated heterocycles. The van der Waals surface area contributed by atoms with Crippen LogP contribution in [-0.4, -0.2) is 63.6 Å². The quantitative estimate of drug-likeness (QED) is 0.0571. The number of alkyl carbamates (subject to hydrolysis) is 1. The Balaban J connectivity index is 1.09. The fourth-order valence-electron chi connectivity index (χ4n) is 6.00. The first-order chi connectivity index (χ1) is 21.6. The summed E-state index contributed by atoms with van der Waals surface area (Å²) in [5.41, 5.74) is 4.99. The molecule has 44 heavy (non-hydrogen) atoms. The highest BCUT2D eigenvalue weighted by Crippen LogP contribution is 2.37. The molecule has 2 aromatic heterocycles. The Kier molecular flexibility index (Phi) is 14.7. The SMILES string of the molecule is CCO[Si](CCCNC(=O)OCCCCCCCCSc1cc2c3c(cnc2c2ncccc12)CCCC3)(OCC)OCC. The number of nitrogens with one attached hydrogen (secondary N) is 1. The summed E-state index contributed by atoms with van der Waals surface area (Å²) in [7, 11) is -2.66. The van der Waals surface area contributed by atoms with Crippen LogP contribution >= 0.6 is 11.8 Å². The maximum Gasteiger partial charge on any atom is 0.500 e. The third-order valence-electron chi connectivity index (χ3n) is 8.06. The van der Waals surface area contributed by atoms with E-state index in [0.29, 0.717) is 39.0 Å². The van der Waals surface area contributed by atoms with Crippen molar-refractivity contribution in [3.63, 3.8) is 0 Å². The van der Waals surface area contributed by atoms with Crippen molar-refractivity contribution in [2.75, 3.05) is 38.7 Å². The summed E-state index contributed by atoms with van der Waals surface area (Å²) in [6.07, 6.45) is 15.9. The molecule has 0 spiro atoms. The molecule has 0 radical (unpaired) electrons. The van der Waals surface area contributed by atoms with Crippen LogP contribution in [0.1, 0.15) is 89.7 Å². The molecule has 2 heterocycles. The lowest BCUT2D eigenvalue weighted by Gasteiger charge is -2.28. The number of hydrogen-bond donors (Lipinski definition) is 1. The highest BCUT2D eigenvalue weighted by atomic mass is 32.2. The predicted octanol–water partition coefficient (Wildman–Crippen LogP) is 8.26. The molecule has 4 rings (SSSR count). The Hall–Kier alpha value is -2.24. The number of aromatic nitrogens is 2. The van der Waals surface area contributed by atoms with Crippen molar-refractivity contribution < 1.29 is 22.8 Å². The van der Waals surface area contributed by atoms with Crippen molar-refractivity contribution in [2.24, 2.45) is 0 Å². The van der Waals surface area contributed by atoms with Gasteiger partial charge in [-0.15, -0.1) is 11.8 Å². The van der Waals surface area contributed by atoms with Gasteiger partial charge < -0.3 is 23.3 Å². The summed E-state index contributed by atoms with van der Waals surface area (Å²) < 4.78 is 23.0. The Bertz CT molecular complexity index is 1310. The predicted molar refractivity (Wildman–Crippen MR) is 182 cm³/mol. The van der Waals surface area contributed by atoms with Crippen molar-refractivity contribution in [1.82, 2.24) is 15.3 Å². The highest BCUT2D eigenvalue weighted by molar-refractivity contribution is 7.99. The molecule has 10 heteroatoms. The second-order valence-electron chi connectivity index (χ2n) is 11.3. The van der Waals surface area contributed by atoms with Gasteiger partial charge in [-0.05, 0) is 94.7 Å². The third-order valence-corrected chi connectivity index (χ3v) is 12.4. The van der Waals surface area contributed by atoms with Crippen LogP contribution in [0.4, 0.5) is 4.79 Å². The second-order valence-corrected chi connectivity index (χ2v) is 15.1. The Morgan fingerprint density at radius 3 is 2.36 bits per heavy atom. The van der Waals surface area contributed by atoms with Gasteiger partial charge in [-0.3, -0.25) is 9.97 Å². The van der Waals surface area contributed by atoms with Crippen LogP contribution in [0.3, 0.4) is 0 Å². The molecule has 1 aromatic carbocycles. The molecule has 242 valence electrons. The van der Waals surface area contributed by atoms with Crippen LogP contribution in [-0.2, 0) is 30.9 Å². The minimum Gasteiger partial charge on any atom is -0.450 e. The molecule has 0 atom stereocenters. The third kappa shape index (κ3) is 9.88. The standard InChI is InChI=1S/C34H51N3O5SSi/c1-4-40-44(41-5-2,42-6-3)24-16-21-36-34(38)39-22-13-9-7-8-10-14-23-43-31-25-30-28-18-12-11-17-27(28)26-37-33(30)32-29(31)19-15-20-35-32/h15,19-20,25-26H,4-14,16-18,21-24H2,1-3H3,(H,36,38). The average Bonchev–Trinajstić information content (AvgIpc) is 3.04. The summed E-state index contributed by atoms with van der Waals surface area (Å²) in [4.78, 5) is 23.0. The van der Waals surface area contributed by atoms with Gasteiger partial charge in [-0.25, -0.2) is 4.79 Å². The molecule has 0 fully saturated rings. The molecular weight excluding hydrogens is 591 g/mol. The van der Waals surface area contributed by atoms with E-state index in [0.717, 1.165) is 55.3 Å². The molecule has 1 amide bonds. The Morgan fingerprint density at radius 1 is 0.886 bits per heavy atom. The smallest absolute Gasteiger partial charge is 0.450 e. The van der Waals surface area contributed by atoms with Crippen LogP contribution in [0.15, 0.2) is 35.5 Å². The summed E-state index contributed by atoms with van der Waals surface area (Å²) in [5, 5.41) is 5.36. The number of carbonyl (C=O) groups excluding carboxylic acids is 1. The normalized spacial score (nSPS) is 13.3. The number of rotatable bonds is 20. The van der Waals surface area contributed by atoms with Crippen molar-refractivity contribution in [1.29, 1.82) is 0 Å². The van der Waals surface area contributed by atoms with E-state index in [9.17, 15) is 4.79 Å². The Labute approximate surface area is 268 Å². The maximum absolute atomic E-state index is 12.1. The summed E-state index contributed by atoms with van der Waals surface area (Å²) in [6.45, 7) is 8.49. The number of pyridine rings is 2. The molecule has 0 unspecified atom stereocenters. The molecule has 1 aliphatic rings. The van der Waals surface area contributed by atoms with Gasteiger partial charge in [0.15, 0.2) is 0 Å². The van der Waals surface area contributed by atoms with E-state index in [-0.39, 0.29) is 6.09 Å². The average molecular weight is 642 g/mol. The van der Waals surface area contributed by atoms with Gasteiger partial charge in [-0.1, -0.05) is 31.7 Å². The summed E-state index contributed by atoms with van der Waals surface area (Å²) >= 11 is 1.96. The van der Waals surface area contributed by atoms with Crippen LogP contribution < -0.4 is 5.32 Å². The van der Waals surface area contributed by atoms with Gasteiger partial charge >= 0.3 is 14.9 Å². The van der Waals surface area contributed by atoms with Gasteiger partial charge in [0.25, 0.3) is 0 Å². The van der Waals surface area contributed by atoms with E-state index in [1.54, 1.807) is 0 Å². The molecule has 8 nitrogen and oxygen atoms in total. The van der Waals surface area contributed by atoms with Gasteiger partial charge in [-0.2, -0.15) is 0 Å². The number of nitrogens with zero attached hydrogens (tertiary/aromatic N) is 2. The number of unbranched alkanes of at least 4 members (excludes halogenated alkanes) is 5. The molecule has 1 aliphatic carbocycles. The zero-order valence-electron chi connectivity index (χ0n) is 27.0. The number of aryl methyl sites for hydroxylation is 2. The minimum atomic E-state index is -2.66. The Morgan fingerprint density at radius 2 is 1.59 bits per heavy atom. The fraction of sp³-hybridized carbons (Fsp3) is 0.618. The van der Waals surface area contributed by atoms with E-state index in [1.165, 1.54) is 58.9 Å². The van der Waals surface area contributed by atoms with Gasteiger partial charge in [0.1, 0.15) is 0 Å². The molecule has 0 aliphatic heterocycles. The molecule has 0 saturated carbocycles. The second kappa shape index (κ2) is 18.7. The molecular formula is C34H51N3O5SSi. The highest BCUT2D eigenvalue weighted by Gasteiger charge is 2.39. The van der Waals surface area contributed by atoms with Gasteiger partial charge in [0, 0.05) is 60.5 Å². The number of fused-ring (bicyclic) bond motifs is 5. The lowest BCUT2D eigenvalue weighted by atomic mass is 9.90. The molecule has 0 bridgehead atoms. The first-order valence-electron chi connectivity index (χ1n) is 16.7. The van der Waals surface area contributed by atoms with E-state index < -0.39 is 8.80 Å². The van der Waals surface area contributed by atoms with Gasteiger partial charge in [0.2, 0.25) is 0 Å². The molecule has 3 aromatic rings. The number of thioether (sulfide) groups is 1. The molecule has 1 N–H and O–H groups in total. The monoisotopic (exact) mass is 641 g/mol. The van der Waals surface area contributed by atoms with Crippen molar-refractivity contribution in [3.05, 3.63) is 41.7 Å². The first kappa shape index (κ1) is 34.6. The zero-order valence-corrected chi connectivity index (χ0v) is 28.8. The number of carbonyl (C=O) groups is 1. The first-order valence-corrected chi connectivity index (χ1v) is 19.7. The zero-order chi connectivity index (χ0) is 31.0. The maximum atomic E-state index is 12.1. The van der Waals surface area contributed by atoms with Crippen LogP contribution in [0.25, 0.3) is 21.8 Å². The van der Waals surface area contributed by atoms with E-state index in [1.807, 2.05) is 44.8 Å². The van der Waals surface area contributed by atoms with Crippen LogP contribution in [0.2, 0.25) is 6.04 Å².